The molecule has 1 aliphatic carbocycles. The Morgan fingerprint density at radius 2 is 1.97 bits per heavy atom. The summed E-state index contributed by atoms with van der Waals surface area (Å²) < 4.78 is 6.59. The summed E-state index contributed by atoms with van der Waals surface area (Å²) in [5, 5.41) is 13.2. The van der Waals surface area contributed by atoms with Gasteiger partial charge in [0.2, 0.25) is 0 Å². The molecule has 1 N–H and O–H groups in total. The summed E-state index contributed by atoms with van der Waals surface area (Å²) in [7, 11) is 0. The van der Waals surface area contributed by atoms with E-state index in [4.69, 9.17) is 17.0 Å². The normalized spacial score (nSPS) is 16.9. The van der Waals surface area contributed by atoms with Crippen molar-refractivity contribution in [2.24, 2.45) is 5.92 Å². The highest BCUT2D eigenvalue weighted by molar-refractivity contribution is 7.73. The Bertz CT molecular complexity index is 1040. The smallest absolute Gasteiger partial charge is 0.265 e. The van der Waals surface area contributed by atoms with Crippen LogP contribution in [0.25, 0.3) is 0 Å². The number of carbonyl (C=O) groups is 1. The van der Waals surface area contributed by atoms with E-state index < -0.39 is 6.10 Å². The van der Waals surface area contributed by atoms with Gasteiger partial charge in [0.1, 0.15) is 16.8 Å². The molecular formula is C24H28N2O2S2. The molecule has 0 fully saturated rings. The zero-order valence-electron chi connectivity index (χ0n) is 18.2. The van der Waals surface area contributed by atoms with Gasteiger partial charge < -0.3 is 10.1 Å². The minimum Gasteiger partial charge on any atom is -0.481 e. The number of nitrogens with one attached hydrogen (secondary N) is 1. The lowest BCUT2D eigenvalue weighted by atomic mass is 9.85. The van der Waals surface area contributed by atoms with E-state index in [0.29, 0.717) is 22.2 Å². The number of rotatable bonds is 4. The predicted molar refractivity (Wildman–Crippen MR) is 125 cm³/mol. The van der Waals surface area contributed by atoms with E-state index in [-0.39, 0.29) is 11.3 Å². The monoisotopic (exact) mass is 440 g/mol. The maximum absolute atomic E-state index is 12.8. The van der Waals surface area contributed by atoms with E-state index in [2.05, 4.69) is 39.1 Å². The molecule has 30 heavy (non-hydrogen) atoms. The number of nitrogens with zero attached hydrogens (tertiary/aromatic N) is 1. The predicted octanol–water partition coefficient (Wildman–Crippen LogP) is 6.18. The number of fused-ring (bicyclic) bond motifs is 1. The molecule has 1 heterocycles. The lowest BCUT2D eigenvalue weighted by Crippen LogP contribution is -2.30. The number of anilines is 1. The Kier molecular flexibility index (Phi) is 6.64. The van der Waals surface area contributed by atoms with E-state index in [0.717, 1.165) is 34.2 Å². The summed E-state index contributed by atoms with van der Waals surface area (Å²) in [6, 6.07) is 10.1. The highest BCUT2D eigenvalue weighted by Crippen LogP contribution is 2.36. The van der Waals surface area contributed by atoms with Gasteiger partial charge in [-0.2, -0.15) is 5.26 Å². The quantitative estimate of drug-likeness (QED) is 0.577. The first kappa shape index (κ1) is 22.5. The maximum Gasteiger partial charge on any atom is 0.265 e. The van der Waals surface area contributed by atoms with E-state index in [1.54, 1.807) is 6.92 Å². The molecule has 4 nitrogen and oxygen atoms in total. The molecule has 158 valence electrons. The molecule has 2 aromatic rings. The lowest BCUT2D eigenvalue weighted by molar-refractivity contribution is -0.122. The fourth-order valence-corrected chi connectivity index (χ4v) is 5.05. The van der Waals surface area contributed by atoms with Crippen LogP contribution in [0.3, 0.4) is 0 Å². The van der Waals surface area contributed by atoms with E-state index in [1.165, 1.54) is 16.9 Å². The first-order chi connectivity index (χ1) is 14.1. The van der Waals surface area contributed by atoms with Crippen LogP contribution >= 0.6 is 23.6 Å². The van der Waals surface area contributed by atoms with Gasteiger partial charge in [-0.25, -0.2) is 0 Å². The fourth-order valence-electron chi connectivity index (χ4n) is 3.65. The number of hydrogen-bond acceptors (Lipinski definition) is 5. The third kappa shape index (κ3) is 4.91. The summed E-state index contributed by atoms with van der Waals surface area (Å²) in [6.45, 7) is 10.4. The van der Waals surface area contributed by atoms with Gasteiger partial charge in [0.25, 0.3) is 5.91 Å². The summed E-state index contributed by atoms with van der Waals surface area (Å²) in [5.74, 6) is 0.913. The second kappa shape index (κ2) is 8.87. The van der Waals surface area contributed by atoms with Gasteiger partial charge in [-0.05, 0) is 66.3 Å². The Labute approximate surface area is 187 Å². The number of hydrogen-bond donors (Lipinski definition) is 1. The third-order valence-corrected chi connectivity index (χ3v) is 6.96. The zero-order chi connectivity index (χ0) is 22.1. The SMILES string of the molecule is CC1CCc2c(C#N)c(NC(=O)C(C)Oc3ccc(C(C)(C)C)cc3)sc(=S)c2C1. The largest absolute Gasteiger partial charge is 0.481 e. The molecule has 1 aromatic heterocycles. The van der Waals surface area contributed by atoms with Gasteiger partial charge in [0, 0.05) is 0 Å². The molecule has 2 atom stereocenters. The van der Waals surface area contributed by atoms with Crippen LogP contribution in [0.2, 0.25) is 0 Å². The third-order valence-electron chi connectivity index (χ3n) is 5.52. The molecule has 1 aliphatic rings. The molecule has 0 saturated heterocycles. The second-order valence-corrected chi connectivity index (χ2v) is 10.7. The Balaban J connectivity index is 1.76. The highest BCUT2D eigenvalue weighted by Gasteiger charge is 2.25. The number of carbonyl (C=O) groups excluding carboxylic acids is 1. The minimum absolute atomic E-state index is 0.0583. The van der Waals surface area contributed by atoms with Crippen molar-refractivity contribution in [2.75, 3.05) is 5.32 Å². The Morgan fingerprint density at radius 3 is 2.57 bits per heavy atom. The topological polar surface area (TPSA) is 62.1 Å². The van der Waals surface area contributed by atoms with Crippen molar-refractivity contribution in [3.63, 3.8) is 0 Å². The van der Waals surface area contributed by atoms with Crippen molar-refractivity contribution < 1.29 is 9.53 Å². The lowest BCUT2D eigenvalue weighted by Gasteiger charge is -2.24. The summed E-state index contributed by atoms with van der Waals surface area (Å²) >= 11 is 6.89. The van der Waals surface area contributed by atoms with Crippen LogP contribution in [-0.2, 0) is 23.1 Å². The van der Waals surface area contributed by atoms with Gasteiger partial charge >= 0.3 is 0 Å². The molecule has 1 amide bonds. The first-order valence-corrected chi connectivity index (χ1v) is 11.5. The summed E-state index contributed by atoms with van der Waals surface area (Å²) in [4.78, 5) is 12.8. The molecule has 0 spiro atoms. The molecule has 6 heteroatoms. The average molecular weight is 441 g/mol. The Hall–Kier alpha value is -2.23. The van der Waals surface area contributed by atoms with Crippen LogP contribution in [0.4, 0.5) is 5.00 Å². The van der Waals surface area contributed by atoms with Gasteiger partial charge in [0.05, 0.1) is 9.39 Å². The molecular weight excluding hydrogens is 412 g/mol. The van der Waals surface area contributed by atoms with Crippen LogP contribution in [0.1, 0.15) is 63.3 Å². The van der Waals surface area contributed by atoms with Crippen LogP contribution in [0.15, 0.2) is 24.3 Å². The molecule has 0 bridgehead atoms. The second-order valence-electron chi connectivity index (χ2n) is 9.03. The average Bonchev–Trinajstić information content (AvgIpc) is 2.68. The van der Waals surface area contributed by atoms with E-state index >= 15 is 0 Å². The van der Waals surface area contributed by atoms with Gasteiger partial charge in [-0.3, -0.25) is 4.79 Å². The van der Waals surface area contributed by atoms with Crippen molar-refractivity contribution in [1.29, 1.82) is 5.26 Å². The zero-order valence-corrected chi connectivity index (χ0v) is 19.8. The van der Waals surface area contributed by atoms with E-state index in [9.17, 15) is 10.1 Å². The van der Waals surface area contributed by atoms with Crippen LogP contribution in [0.5, 0.6) is 5.75 Å². The molecule has 0 saturated carbocycles. The molecule has 3 rings (SSSR count). The van der Waals surface area contributed by atoms with Crippen molar-refractivity contribution in [3.05, 3.63) is 50.3 Å². The standard InChI is InChI=1S/C24H28N2O2S2/c1-14-6-11-18-19(12-14)23(29)30-22(20(18)13-25)26-21(27)15(2)28-17-9-7-16(8-10-17)24(3,4)5/h7-10,14-15H,6,11-12H2,1-5H3,(H,26,27). The summed E-state index contributed by atoms with van der Waals surface area (Å²) in [5.41, 5.74) is 3.91. The number of nitriles is 1. The molecule has 2 unspecified atom stereocenters. The molecule has 0 radical (unpaired) electrons. The maximum atomic E-state index is 12.8. The van der Waals surface area contributed by atoms with Crippen LogP contribution < -0.4 is 10.1 Å². The number of amides is 1. The number of ether oxygens (including phenoxy) is 1. The first-order valence-electron chi connectivity index (χ1n) is 10.3. The fraction of sp³-hybridized carbons (Fsp3) is 0.458. The highest BCUT2D eigenvalue weighted by atomic mass is 32.1. The number of benzene rings is 1. The molecule has 1 aromatic carbocycles. The van der Waals surface area contributed by atoms with Crippen molar-refractivity contribution in [1.82, 2.24) is 0 Å². The van der Waals surface area contributed by atoms with Gasteiger partial charge in [-0.1, -0.05) is 52.0 Å². The van der Waals surface area contributed by atoms with Crippen molar-refractivity contribution in [3.8, 4) is 11.8 Å². The van der Waals surface area contributed by atoms with Crippen molar-refractivity contribution >= 4 is 34.5 Å². The molecule has 0 aliphatic heterocycles. The minimum atomic E-state index is -0.700. The van der Waals surface area contributed by atoms with Gasteiger partial charge in [0.15, 0.2) is 6.10 Å². The van der Waals surface area contributed by atoms with Crippen LogP contribution in [-0.4, -0.2) is 12.0 Å². The van der Waals surface area contributed by atoms with Gasteiger partial charge in [-0.15, -0.1) is 11.3 Å². The summed E-state index contributed by atoms with van der Waals surface area (Å²) in [6.07, 6.45) is 2.06. The van der Waals surface area contributed by atoms with Crippen molar-refractivity contribution in [2.45, 2.75) is 65.4 Å². The van der Waals surface area contributed by atoms with Crippen LogP contribution in [0, 0.1) is 21.1 Å². The van der Waals surface area contributed by atoms with E-state index in [1.807, 2.05) is 24.3 Å². The Morgan fingerprint density at radius 1 is 1.30 bits per heavy atom.